The van der Waals surface area contributed by atoms with E-state index in [0.29, 0.717) is 24.5 Å². The Balaban J connectivity index is 1.41. The molecular weight excluding hydrogens is 440 g/mol. The van der Waals surface area contributed by atoms with Gasteiger partial charge >= 0.3 is 0 Å². The standard InChI is InChI=1S/C21H17BrN2O3S/c22-14-9-10-20(23-11-14)28-19-8-4-1-5-16(19)21(25)24-12-15-13-26-17-6-2-3-7-18(17)27-15/h1-11,15H,12-13H2,(H,24,25). The van der Waals surface area contributed by atoms with E-state index in [9.17, 15) is 4.79 Å². The molecule has 0 fully saturated rings. The van der Waals surface area contributed by atoms with Crippen molar-refractivity contribution in [1.29, 1.82) is 0 Å². The molecule has 1 aliphatic heterocycles. The number of fused-ring (bicyclic) bond motifs is 1. The van der Waals surface area contributed by atoms with Crippen LogP contribution in [0.15, 0.2) is 81.3 Å². The molecule has 1 atom stereocenters. The van der Waals surface area contributed by atoms with Crippen molar-refractivity contribution in [2.75, 3.05) is 13.2 Å². The summed E-state index contributed by atoms with van der Waals surface area (Å²) in [6, 6.07) is 18.9. The minimum atomic E-state index is -0.230. The van der Waals surface area contributed by atoms with Crippen molar-refractivity contribution >= 4 is 33.6 Å². The van der Waals surface area contributed by atoms with Gasteiger partial charge in [-0.3, -0.25) is 4.79 Å². The second-order valence-electron chi connectivity index (χ2n) is 6.12. The molecule has 0 saturated heterocycles. The third kappa shape index (κ3) is 4.48. The molecule has 142 valence electrons. The van der Waals surface area contributed by atoms with Gasteiger partial charge in [-0.1, -0.05) is 36.0 Å². The molecule has 1 aromatic heterocycles. The third-order valence-electron chi connectivity index (χ3n) is 4.10. The molecule has 0 spiro atoms. The van der Waals surface area contributed by atoms with Crippen molar-refractivity contribution in [3.63, 3.8) is 0 Å². The Bertz CT molecular complexity index is 981. The van der Waals surface area contributed by atoms with Gasteiger partial charge in [-0.2, -0.15) is 0 Å². The van der Waals surface area contributed by atoms with Crippen LogP contribution in [0, 0.1) is 0 Å². The first-order valence-corrected chi connectivity index (χ1v) is 10.3. The van der Waals surface area contributed by atoms with Crippen molar-refractivity contribution in [2.24, 2.45) is 0 Å². The van der Waals surface area contributed by atoms with Gasteiger partial charge < -0.3 is 14.8 Å². The zero-order chi connectivity index (χ0) is 19.3. The fourth-order valence-corrected chi connectivity index (χ4v) is 3.86. The molecule has 7 heteroatoms. The summed E-state index contributed by atoms with van der Waals surface area (Å²) in [4.78, 5) is 18.0. The first-order valence-electron chi connectivity index (χ1n) is 8.74. The summed E-state index contributed by atoms with van der Waals surface area (Å²) in [6.07, 6.45) is 1.51. The average Bonchev–Trinajstić information content (AvgIpc) is 2.74. The van der Waals surface area contributed by atoms with Crippen LogP contribution in [0.1, 0.15) is 10.4 Å². The average molecular weight is 457 g/mol. The molecule has 5 nitrogen and oxygen atoms in total. The quantitative estimate of drug-likeness (QED) is 0.609. The number of hydrogen-bond acceptors (Lipinski definition) is 5. The van der Waals surface area contributed by atoms with Gasteiger partial charge in [0.1, 0.15) is 17.7 Å². The maximum absolute atomic E-state index is 12.7. The number of halogens is 1. The summed E-state index contributed by atoms with van der Waals surface area (Å²) in [6.45, 7) is 0.763. The van der Waals surface area contributed by atoms with Crippen LogP contribution in [0.3, 0.4) is 0 Å². The largest absolute Gasteiger partial charge is 0.486 e. The lowest BCUT2D eigenvalue weighted by molar-refractivity contribution is 0.0787. The number of nitrogens with zero attached hydrogens (tertiary/aromatic N) is 1. The van der Waals surface area contributed by atoms with Crippen molar-refractivity contribution in [3.05, 3.63) is 76.9 Å². The van der Waals surface area contributed by atoms with Gasteiger partial charge in [-0.05, 0) is 52.3 Å². The molecule has 0 saturated carbocycles. The molecule has 1 amide bonds. The highest BCUT2D eigenvalue weighted by atomic mass is 79.9. The van der Waals surface area contributed by atoms with Crippen molar-refractivity contribution < 1.29 is 14.3 Å². The lowest BCUT2D eigenvalue weighted by atomic mass is 10.2. The summed E-state index contributed by atoms with van der Waals surface area (Å²) >= 11 is 4.83. The number of ether oxygens (including phenoxy) is 2. The minimum absolute atomic E-state index is 0.150. The Kier molecular flexibility index (Phi) is 5.83. The van der Waals surface area contributed by atoms with E-state index < -0.39 is 0 Å². The van der Waals surface area contributed by atoms with Crippen LogP contribution in [0.4, 0.5) is 0 Å². The molecule has 28 heavy (non-hydrogen) atoms. The zero-order valence-corrected chi connectivity index (χ0v) is 17.2. The Hall–Kier alpha value is -2.51. The van der Waals surface area contributed by atoms with Gasteiger partial charge in [0.25, 0.3) is 5.91 Å². The smallest absolute Gasteiger partial charge is 0.252 e. The normalized spacial score (nSPS) is 15.1. The van der Waals surface area contributed by atoms with E-state index in [2.05, 4.69) is 26.2 Å². The van der Waals surface area contributed by atoms with Gasteiger partial charge in [-0.25, -0.2) is 4.98 Å². The predicted molar refractivity (Wildman–Crippen MR) is 111 cm³/mol. The second kappa shape index (κ2) is 8.67. The first-order chi connectivity index (χ1) is 13.7. The number of pyridine rings is 1. The van der Waals surface area contributed by atoms with Gasteiger partial charge in [0.2, 0.25) is 0 Å². The maximum atomic E-state index is 12.7. The second-order valence-corrected chi connectivity index (χ2v) is 8.10. The van der Waals surface area contributed by atoms with Gasteiger partial charge in [0.05, 0.1) is 12.1 Å². The molecule has 0 aliphatic carbocycles. The number of nitrogens with one attached hydrogen (secondary N) is 1. The number of carbonyl (C=O) groups is 1. The van der Waals surface area contributed by atoms with E-state index in [4.69, 9.17) is 9.47 Å². The highest BCUT2D eigenvalue weighted by molar-refractivity contribution is 9.10. The molecular formula is C21H17BrN2O3S. The van der Waals surface area contributed by atoms with Crippen molar-refractivity contribution in [3.8, 4) is 11.5 Å². The van der Waals surface area contributed by atoms with Crippen LogP contribution in [0.2, 0.25) is 0 Å². The van der Waals surface area contributed by atoms with Crippen LogP contribution < -0.4 is 14.8 Å². The molecule has 1 aliphatic rings. The molecule has 2 heterocycles. The molecule has 4 rings (SSSR count). The van der Waals surface area contributed by atoms with Crippen molar-refractivity contribution in [2.45, 2.75) is 16.0 Å². The number of para-hydroxylation sites is 2. The lowest BCUT2D eigenvalue weighted by Crippen LogP contribution is -2.40. The van der Waals surface area contributed by atoms with E-state index >= 15 is 0 Å². The number of hydrogen-bond donors (Lipinski definition) is 1. The summed E-state index contributed by atoms with van der Waals surface area (Å²) in [5, 5.41) is 3.77. The summed E-state index contributed by atoms with van der Waals surface area (Å²) in [5.74, 6) is 1.28. The van der Waals surface area contributed by atoms with Gasteiger partial charge in [0, 0.05) is 15.6 Å². The van der Waals surface area contributed by atoms with Gasteiger partial charge in [-0.15, -0.1) is 0 Å². The van der Waals surface area contributed by atoms with E-state index in [1.54, 1.807) is 6.20 Å². The number of carbonyl (C=O) groups excluding carboxylic acids is 1. The van der Waals surface area contributed by atoms with Crippen LogP contribution in [-0.2, 0) is 0 Å². The third-order valence-corrected chi connectivity index (χ3v) is 5.60. The Morgan fingerprint density at radius 1 is 1.11 bits per heavy atom. The van der Waals surface area contributed by atoms with Crippen molar-refractivity contribution in [1.82, 2.24) is 10.3 Å². The van der Waals surface area contributed by atoms with E-state index in [1.165, 1.54) is 11.8 Å². The Morgan fingerprint density at radius 2 is 1.89 bits per heavy atom. The fourth-order valence-electron chi connectivity index (χ4n) is 2.74. The molecule has 2 aromatic carbocycles. The van der Waals surface area contributed by atoms with Crippen LogP contribution in [0.25, 0.3) is 0 Å². The summed E-state index contributed by atoms with van der Waals surface area (Å²) in [5.41, 5.74) is 0.606. The zero-order valence-electron chi connectivity index (χ0n) is 14.8. The van der Waals surface area contributed by atoms with E-state index in [-0.39, 0.29) is 12.0 Å². The van der Waals surface area contributed by atoms with Crippen LogP contribution >= 0.6 is 27.7 Å². The topological polar surface area (TPSA) is 60.5 Å². The Morgan fingerprint density at radius 3 is 2.71 bits per heavy atom. The lowest BCUT2D eigenvalue weighted by Gasteiger charge is -2.26. The molecule has 0 radical (unpaired) electrons. The number of benzene rings is 2. The molecule has 0 bridgehead atoms. The minimum Gasteiger partial charge on any atom is -0.486 e. The predicted octanol–water partition coefficient (Wildman–Crippen LogP) is 4.57. The molecule has 1 N–H and O–H groups in total. The first kappa shape index (κ1) is 18.8. The number of aromatic nitrogens is 1. The monoisotopic (exact) mass is 456 g/mol. The number of amides is 1. The maximum Gasteiger partial charge on any atom is 0.252 e. The number of rotatable bonds is 5. The summed E-state index contributed by atoms with van der Waals surface area (Å²) < 4.78 is 12.5. The summed E-state index contributed by atoms with van der Waals surface area (Å²) in [7, 11) is 0. The molecule has 3 aromatic rings. The van der Waals surface area contributed by atoms with Gasteiger partial charge in [0.15, 0.2) is 11.5 Å². The Labute approximate surface area is 175 Å². The highest BCUT2D eigenvalue weighted by Gasteiger charge is 2.22. The molecule has 1 unspecified atom stereocenters. The highest BCUT2D eigenvalue weighted by Crippen LogP contribution is 2.31. The van der Waals surface area contributed by atoms with Crippen LogP contribution in [0.5, 0.6) is 11.5 Å². The van der Waals surface area contributed by atoms with E-state index in [0.717, 1.165) is 20.1 Å². The fraction of sp³-hybridized carbons (Fsp3) is 0.143. The van der Waals surface area contributed by atoms with E-state index in [1.807, 2.05) is 60.7 Å². The SMILES string of the molecule is O=C(NCC1COc2ccccc2O1)c1ccccc1Sc1ccc(Br)cn1. The van der Waals surface area contributed by atoms with Crippen LogP contribution in [-0.4, -0.2) is 30.1 Å².